The van der Waals surface area contributed by atoms with Crippen LogP contribution in [0.1, 0.15) is 54.0 Å². The van der Waals surface area contributed by atoms with E-state index in [1.807, 2.05) is 12.1 Å². The Balaban J connectivity index is 1.43. The molecule has 0 radical (unpaired) electrons. The van der Waals surface area contributed by atoms with Crippen LogP contribution in [-0.4, -0.2) is 39.9 Å². The number of carbonyl (C=O) groups is 2. The molecule has 43 heavy (non-hydrogen) atoms. The topological polar surface area (TPSA) is 110 Å². The minimum absolute atomic E-state index is 0.0900. The van der Waals surface area contributed by atoms with Crippen LogP contribution in [0, 0.1) is 23.0 Å². The molecule has 1 unspecified atom stereocenters. The summed E-state index contributed by atoms with van der Waals surface area (Å²) < 4.78 is 56.2. The molecule has 4 aliphatic rings. The summed E-state index contributed by atoms with van der Waals surface area (Å²) in [6.45, 7) is 0. The van der Waals surface area contributed by atoms with E-state index in [2.05, 4.69) is 10.3 Å². The fourth-order valence-corrected chi connectivity index (χ4v) is 5.84. The zero-order chi connectivity index (χ0) is 30.5. The van der Waals surface area contributed by atoms with Gasteiger partial charge in [-0.15, -0.1) is 0 Å². The number of carbonyl (C=O) groups excluding carboxylic acids is 2. The summed E-state index contributed by atoms with van der Waals surface area (Å²) in [6.07, 6.45) is 2.53. The number of anilines is 2. The first kappa shape index (κ1) is 28.2. The Bertz CT molecular complexity index is 1660. The van der Waals surface area contributed by atoms with Crippen LogP contribution in [0.25, 0.3) is 0 Å². The molecule has 2 fully saturated rings. The van der Waals surface area contributed by atoms with Gasteiger partial charge in [0.25, 0.3) is 5.92 Å². The number of aliphatic hydroxyl groups is 1. The molecule has 220 valence electrons. The van der Waals surface area contributed by atoms with Crippen LogP contribution < -0.4 is 15.1 Å². The van der Waals surface area contributed by atoms with Crippen molar-refractivity contribution in [3.8, 4) is 6.07 Å². The highest BCUT2D eigenvalue weighted by molar-refractivity contribution is 5.96. The normalized spacial score (nSPS) is 19.7. The second kappa shape index (κ2) is 10.7. The number of pyridine rings is 1. The number of fused-ring (bicyclic) bond motifs is 2. The summed E-state index contributed by atoms with van der Waals surface area (Å²) in [5, 5.41) is 23.5. The summed E-state index contributed by atoms with van der Waals surface area (Å²) in [5.41, 5.74) is 2.22. The number of benzene rings is 2. The Labute approximate surface area is 243 Å². The van der Waals surface area contributed by atoms with E-state index in [0.717, 1.165) is 28.2 Å². The first-order valence-electron chi connectivity index (χ1n) is 13.6. The van der Waals surface area contributed by atoms with Gasteiger partial charge in [-0.05, 0) is 59.9 Å². The van der Waals surface area contributed by atoms with Gasteiger partial charge in [0.15, 0.2) is 5.88 Å². The van der Waals surface area contributed by atoms with Gasteiger partial charge in [-0.1, -0.05) is 18.2 Å². The van der Waals surface area contributed by atoms with E-state index in [4.69, 9.17) is 0 Å². The third-order valence-corrected chi connectivity index (χ3v) is 7.83. The van der Waals surface area contributed by atoms with Gasteiger partial charge in [-0.25, -0.2) is 22.5 Å². The SMILES string of the molecule is N#Cc1ccnc(N2C(=O)CCC2/C=C(/O)N(c2cc(F)cc(F)c2)[C@H](C(=O)NC2CC(F)(F)C2)c2cc3cc(c2)C3)c1. The molecule has 12 heteroatoms. The average molecular weight is 592 g/mol. The Morgan fingerprint density at radius 1 is 1.14 bits per heavy atom. The standard InChI is InChI=1S/C31H25F4N5O3/c32-21-10-22(33)12-25(11-21)40(28(42)13-24-1-2-27(41)39(24)26-9-17(16-36)3-4-37-26)29(20-7-18-5-19(6-18)8-20)30(43)38-23-14-31(34,35)15-23/h3-5,7-13,23-24,29,42H,1-2,6,14-15H2,(H,38,43)/b28-13+/t24?,29-/m0/s1. The first-order chi connectivity index (χ1) is 20.5. The smallest absolute Gasteiger partial charge is 0.252 e. The number of hydrogen-bond acceptors (Lipinski definition) is 6. The quantitative estimate of drug-likeness (QED) is 0.216. The van der Waals surface area contributed by atoms with Gasteiger partial charge in [0.2, 0.25) is 11.8 Å². The molecule has 3 aliphatic carbocycles. The summed E-state index contributed by atoms with van der Waals surface area (Å²) in [6, 6.07) is 9.70. The van der Waals surface area contributed by atoms with Crippen molar-refractivity contribution in [2.24, 2.45) is 0 Å². The summed E-state index contributed by atoms with van der Waals surface area (Å²) in [4.78, 5) is 33.2. The van der Waals surface area contributed by atoms with Gasteiger partial charge < -0.3 is 10.4 Å². The molecular weight excluding hydrogens is 566 g/mol. The van der Waals surface area contributed by atoms with E-state index in [-0.39, 0.29) is 35.8 Å². The molecule has 2 N–H and O–H groups in total. The van der Waals surface area contributed by atoms with Gasteiger partial charge in [-0.2, -0.15) is 5.26 Å². The lowest BCUT2D eigenvalue weighted by molar-refractivity contribution is -0.130. The van der Waals surface area contributed by atoms with Crippen LogP contribution in [-0.2, 0) is 16.0 Å². The first-order valence-corrected chi connectivity index (χ1v) is 13.6. The third kappa shape index (κ3) is 5.62. The summed E-state index contributed by atoms with van der Waals surface area (Å²) >= 11 is 0. The molecule has 3 aromatic rings. The number of halogens is 4. The van der Waals surface area contributed by atoms with E-state index in [9.17, 15) is 37.5 Å². The maximum atomic E-state index is 14.5. The van der Waals surface area contributed by atoms with Crippen LogP contribution in [0.2, 0.25) is 0 Å². The lowest BCUT2D eigenvalue weighted by atomic mass is 9.85. The lowest BCUT2D eigenvalue weighted by Crippen LogP contribution is -2.53. The van der Waals surface area contributed by atoms with Crippen molar-refractivity contribution in [1.29, 1.82) is 5.26 Å². The van der Waals surface area contributed by atoms with Gasteiger partial charge in [-0.3, -0.25) is 19.4 Å². The third-order valence-electron chi connectivity index (χ3n) is 7.83. The van der Waals surface area contributed by atoms with Crippen molar-refractivity contribution >= 4 is 23.3 Å². The molecule has 7 rings (SSSR count). The molecule has 2 atom stereocenters. The van der Waals surface area contributed by atoms with Crippen LogP contribution in [0.5, 0.6) is 0 Å². The molecular formula is C31H25F4N5O3. The molecule has 8 nitrogen and oxygen atoms in total. The molecule has 0 spiro atoms. The number of alkyl halides is 2. The van der Waals surface area contributed by atoms with Crippen LogP contribution >= 0.6 is 0 Å². The van der Waals surface area contributed by atoms with Gasteiger partial charge in [0, 0.05) is 37.6 Å². The minimum Gasteiger partial charge on any atom is -0.495 e. The predicted molar refractivity (Wildman–Crippen MR) is 147 cm³/mol. The molecule has 2 amide bonds. The Morgan fingerprint density at radius 3 is 2.44 bits per heavy atom. The van der Waals surface area contributed by atoms with E-state index in [0.29, 0.717) is 18.1 Å². The number of amides is 2. The number of nitrogens with one attached hydrogen (secondary N) is 1. The largest absolute Gasteiger partial charge is 0.495 e. The minimum atomic E-state index is -2.91. The van der Waals surface area contributed by atoms with E-state index >= 15 is 0 Å². The van der Waals surface area contributed by atoms with Crippen molar-refractivity contribution < 1.29 is 32.3 Å². The van der Waals surface area contributed by atoms with E-state index in [1.165, 1.54) is 29.3 Å². The molecule has 2 bridgehead atoms. The summed E-state index contributed by atoms with van der Waals surface area (Å²) in [5.74, 6) is -6.35. The predicted octanol–water partition coefficient (Wildman–Crippen LogP) is 5.19. The van der Waals surface area contributed by atoms with Crippen molar-refractivity contribution in [2.75, 3.05) is 9.80 Å². The van der Waals surface area contributed by atoms with E-state index < -0.39 is 60.3 Å². The average Bonchev–Trinajstić information content (AvgIpc) is 3.28. The Morgan fingerprint density at radius 2 is 1.81 bits per heavy atom. The van der Waals surface area contributed by atoms with Crippen molar-refractivity contribution in [2.45, 2.75) is 56.2 Å². The monoisotopic (exact) mass is 591 g/mol. The molecule has 1 saturated heterocycles. The van der Waals surface area contributed by atoms with Crippen molar-refractivity contribution in [3.63, 3.8) is 0 Å². The Kier molecular flexibility index (Phi) is 7.04. The van der Waals surface area contributed by atoms with E-state index in [1.54, 1.807) is 12.1 Å². The number of aromatic nitrogens is 1. The maximum Gasteiger partial charge on any atom is 0.252 e. The van der Waals surface area contributed by atoms with Gasteiger partial charge in [0.05, 0.1) is 23.4 Å². The van der Waals surface area contributed by atoms with Gasteiger partial charge in [0.1, 0.15) is 23.5 Å². The Hall–Kier alpha value is -4.92. The maximum absolute atomic E-state index is 14.5. The van der Waals surface area contributed by atoms with Crippen molar-refractivity contribution in [1.82, 2.24) is 10.3 Å². The molecule has 2 heterocycles. The molecule has 1 aliphatic heterocycles. The number of aliphatic hydroxyl groups excluding tert-OH is 1. The summed E-state index contributed by atoms with van der Waals surface area (Å²) in [7, 11) is 0. The molecule has 1 saturated carbocycles. The zero-order valence-corrected chi connectivity index (χ0v) is 22.6. The van der Waals surface area contributed by atoms with Crippen molar-refractivity contribution in [3.05, 3.63) is 101 Å². The molecule has 2 aromatic carbocycles. The van der Waals surface area contributed by atoms with Crippen LogP contribution in [0.4, 0.5) is 29.1 Å². The fourth-order valence-electron chi connectivity index (χ4n) is 5.84. The highest BCUT2D eigenvalue weighted by Crippen LogP contribution is 2.40. The number of hydrogen-bond donors (Lipinski definition) is 2. The number of rotatable bonds is 8. The second-order valence-corrected chi connectivity index (χ2v) is 11.0. The van der Waals surface area contributed by atoms with Crippen LogP contribution in [0.15, 0.2) is 66.7 Å². The lowest BCUT2D eigenvalue weighted by Gasteiger charge is -2.39. The fraction of sp³-hybridized carbons (Fsp3) is 0.290. The zero-order valence-electron chi connectivity index (χ0n) is 22.6. The highest BCUT2D eigenvalue weighted by Gasteiger charge is 2.47. The molecule has 1 aromatic heterocycles. The number of nitriles is 1. The van der Waals surface area contributed by atoms with Gasteiger partial charge >= 0.3 is 0 Å². The van der Waals surface area contributed by atoms with Crippen LogP contribution in [0.3, 0.4) is 0 Å². The second-order valence-electron chi connectivity index (χ2n) is 11.0. The number of nitrogens with zero attached hydrogens (tertiary/aromatic N) is 4. The highest BCUT2D eigenvalue weighted by atomic mass is 19.3.